The van der Waals surface area contributed by atoms with Gasteiger partial charge in [0.25, 0.3) is 0 Å². The van der Waals surface area contributed by atoms with Crippen LogP contribution in [0.2, 0.25) is 0 Å². The number of rotatable bonds is 6. The van der Waals surface area contributed by atoms with E-state index in [1.54, 1.807) is 25.4 Å². The van der Waals surface area contributed by atoms with Gasteiger partial charge in [-0.25, -0.2) is 14.4 Å². The predicted molar refractivity (Wildman–Crippen MR) is 123 cm³/mol. The van der Waals surface area contributed by atoms with Gasteiger partial charge in [0.1, 0.15) is 11.6 Å². The molecule has 0 amide bonds. The molecule has 0 aliphatic carbocycles. The van der Waals surface area contributed by atoms with Gasteiger partial charge in [0.15, 0.2) is 0 Å². The molecule has 30 heavy (non-hydrogen) atoms. The second-order valence-corrected chi connectivity index (χ2v) is 6.73. The number of aryl methyl sites for hydroxylation is 2. The summed E-state index contributed by atoms with van der Waals surface area (Å²) in [5.41, 5.74) is 4.80. The van der Waals surface area contributed by atoms with Gasteiger partial charge in [-0.15, -0.1) is 0 Å². The molecule has 0 saturated heterocycles. The van der Waals surface area contributed by atoms with E-state index in [0.29, 0.717) is 6.33 Å². The van der Waals surface area contributed by atoms with Crippen molar-refractivity contribution in [2.24, 2.45) is 4.99 Å². The van der Waals surface area contributed by atoms with Crippen LogP contribution in [-0.2, 0) is 13.1 Å². The first-order chi connectivity index (χ1) is 14.5. The van der Waals surface area contributed by atoms with Gasteiger partial charge in [0, 0.05) is 43.5 Å². The fraction of sp³-hybridized carbons (Fsp3) is 0.292. The maximum absolute atomic E-state index is 11.1. The monoisotopic (exact) mass is 407 g/mol. The van der Waals surface area contributed by atoms with Crippen LogP contribution in [0.5, 0.6) is 0 Å². The molecular formula is C24H30FN5. The molecule has 1 aromatic carbocycles. The maximum atomic E-state index is 11.1. The second kappa shape index (κ2) is 11.7. The van der Waals surface area contributed by atoms with Crippen molar-refractivity contribution < 1.29 is 4.39 Å². The molecule has 0 aliphatic heterocycles. The Morgan fingerprint density at radius 3 is 2.47 bits per heavy atom. The lowest BCUT2D eigenvalue weighted by atomic mass is 10.0. The number of aromatic nitrogens is 4. The van der Waals surface area contributed by atoms with Crippen molar-refractivity contribution in [3.63, 3.8) is 0 Å². The van der Waals surface area contributed by atoms with Crippen molar-refractivity contribution in [3.05, 3.63) is 84.1 Å². The van der Waals surface area contributed by atoms with Crippen molar-refractivity contribution in [3.8, 4) is 11.3 Å². The number of hydrogen-bond acceptors (Lipinski definition) is 3. The van der Waals surface area contributed by atoms with Crippen LogP contribution in [0.25, 0.3) is 11.3 Å². The van der Waals surface area contributed by atoms with Gasteiger partial charge in [-0.05, 0) is 45.4 Å². The number of benzene rings is 1. The SMILES string of the molecule is CCn1c(Cn2ccnc2C)nc(-c2ccccc2C)c1C.CN=C/C=C\C=C\F. The highest BCUT2D eigenvalue weighted by Crippen LogP contribution is 2.27. The van der Waals surface area contributed by atoms with Crippen molar-refractivity contribution in [1.82, 2.24) is 19.1 Å². The molecule has 5 nitrogen and oxygen atoms in total. The Bertz CT molecular complexity index is 1010. The van der Waals surface area contributed by atoms with Gasteiger partial charge in [-0.2, -0.15) is 0 Å². The molecule has 2 heterocycles. The van der Waals surface area contributed by atoms with Crippen LogP contribution in [0, 0.1) is 20.8 Å². The topological polar surface area (TPSA) is 48.0 Å². The smallest absolute Gasteiger partial charge is 0.129 e. The molecule has 0 aliphatic rings. The molecule has 0 unspecified atom stereocenters. The Labute approximate surface area is 178 Å². The Morgan fingerprint density at radius 2 is 1.87 bits per heavy atom. The highest BCUT2D eigenvalue weighted by Gasteiger charge is 2.16. The molecule has 3 rings (SSSR count). The van der Waals surface area contributed by atoms with Crippen LogP contribution >= 0.6 is 0 Å². The zero-order valence-electron chi connectivity index (χ0n) is 18.4. The van der Waals surface area contributed by atoms with E-state index in [1.165, 1.54) is 22.9 Å². The summed E-state index contributed by atoms with van der Waals surface area (Å²) in [6, 6.07) is 8.43. The summed E-state index contributed by atoms with van der Waals surface area (Å²) < 4.78 is 15.6. The van der Waals surface area contributed by atoms with Crippen LogP contribution in [0.15, 0.2) is 66.2 Å². The van der Waals surface area contributed by atoms with Crippen molar-refractivity contribution in [2.45, 2.75) is 40.8 Å². The second-order valence-electron chi connectivity index (χ2n) is 6.73. The molecule has 0 spiro atoms. The van der Waals surface area contributed by atoms with Gasteiger partial charge in [0.2, 0.25) is 0 Å². The zero-order chi connectivity index (χ0) is 21.9. The third kappa shape index (κ3) is 5.86. The summed E-state index contributed by atoms with van der Waals surface area (Å²) in [6.45, 7) is 10.2. The molecule has 158 valence electrons. The predicted octanol–water partition coefficient (Wildman–Crippen LogP) is 5.47. The Balaban J connectivity index is 0.000000343. The molecule has 0 saturated carbocycles. The van der Waals surface area contributed by atoms with E-state index in [4.69, 9.17) is 4.98 Å². The Hall–Kier alpha value is -3.28. The number of halogens is 1. The standard InChI is InChI=1S/C18H22N4.C6H8FN/c1-5-22-14(3)18(16-9-7-6-8-13(16)2)20-17(22)12-21-11-10-19-15(21)4;1-8-6-4-2-3-5-7/h6-11H,5,12H2,1-4H3;2-6H,1H3/b;4-2-,5-3+,8-6?. The van der Waals surface area contributed by atoms with E-state index in [9.17, 15) is 4.39 Å². The minimum Gasteiger partial charge on any atom is -0.330 e. The molecular weight excluding hydrogens is 377 g/mol. The summed E-state index contributed by atoms with van der Waals surface area (Å²) in [5, 5.41) is 0. The van der Waals surface area contributed by atoms with E-state index in [2.05, 4.69) is 64.1 Å². The lowest BCUT2D eigenvalue weighted by molar-refractivity contribution is 0.631. The molecule has 0 N–H and O–H groups in total. The third-order valence-corrected chi connectivity index (χ3v) is 4.78. The lowest BCUT2D eigenvalue weighted by Crippen LogP contribution is -2.09. The average molecular weight is 408 g/mol. The van der Waals surface area contributed by atoms with Gasteiger partial charge in [-0.3, -0.25) is 4.99 Å². The molecule has 6 heteroatoms. The largest absolute Gasteiger partial charge is 0.330 e. The normalized spacial score (nSPS) is 11.5. The minimum absolute atomic E-state index is 0.472. The molecule has 0 atom stereocenters. The molecule has 3 aromatic rings. The zero-order valence-corrected chi connectivity index (χ0v) is 18.4. The van der Waals surface area contributed by atoms with Crippen molar-refractivity contribution >= 4 is 6.21 Å². The summed E-state index contributed by atoms with van der Waals surface area (Å²) in [5.74, 6) is 2.10. The third-order valence-electron chi connectivity index (χ3n) is 4.78. The van der Waals surface area contributed by atoms with Crippen LogP contribution in [0.1, 0.15) is 29.8 Å². The fourth-order valence-corrected chi connectivity index (χ4v) is 3.19. The number of allylic oxidation sites excluding steroid dienone is 3. The first-order valence-electron chi connectivity index (χ1n) is 9.97. The van der Waals surface area contributed by atoms with Gasteiger partial charge in [0.05, 0.1) is 18.6 Å². The van der Waals surface area contributed by atoms with Crippen LogP contribution in [-0.4, -0.2) is 32.4 Å². The van der Waals surface area contributed by atoms with Crippen LogP contribution in [0.3, 0.4) is 0 Å². The van der Waals surface area contributed by atoms with Gasteiger partial charge >= 0.3 is 0 Å². The Kier molecular flexibility index (Phi) is 8.94. The fourth-order valence-electron chi connectivity index (χ4n) is 3.19. The van der Waals surface area contributed by atoms with E-state index in [0.717, 1.165) is 30.4 Å². The number of aliphatic imine (C=N–C) groups is 1. The first-order valence-corrected chi connectivity index (χ1v) is 9.97. The van der Waals surface area contributed by atoms with Crippen LogP contribution in [0.4, 0.5) is 4.39 Å². The lowest BCUT2D eigenvalue weighted by Gasteiger charge is -2.08. The van der Waals surface area contributed by atoms with E-state index < -0.39 is 0 Å². The quantitative estimate of drug-likeness (QED) is 0.402. The Morgan fingerprint density at radius 1 is 1.10 bits per heavy atom. The van der Waals surface area contributed by atoms with Crippen LogP contribution < -0.4 is 0 Å². The van der Waals surface area contributed by atoms with Gasteiger partial charge in [-0.1, -0.05) is 30.3 Å². The minimum atomic E-state index is 0.472. The molecule has 0 fully saturated rings. The van der Waals surface area contributed by atoms with Crippen molar-refractivity contribution in [1.29, 1.82) is 0 Å². The highest BCUT2D eigenvalue weighted by atomic mass is 19.1. The number of imidazole rings is 2. The van der Waals surface area contributed by atoms with Crippen molar-refractivity contribution in [2.75, 3.05) is 7.05 Å². The molecule has 0 bridgehead atoms. The molecule has 2 aromatic heterocycles. The summed E-state index contributed by atoms with van der Waals surface area (Å²) in [4.78, 5) is 12.9. The highest BCUT2D eigenvalue weighted by molar-refractivity contribution is 5.71. The first kappa shape index (κ1) is 23.0. The number of hydrogen-bond donors (Lipinski definition) is 0. The number of nitrogens with zero attached hydrogens (tertiary/aromatic N) is 5. The van der Waals surface area contributed by atoms with E-state index in [-0.39, 0.29) is 0 Å². The van der Waals surface area contributed by atoms with E-state index in [1.807, 2.05) is 19.3 Å². The van der Waals surface area contributed by atoms with E-state index >= 15 is 0 Å². The maximum Gasteiger partial charge on any atom is 0.129 e. The summed E-state index contributed by atoms with van der Waals surface area (Å²) in [7, 11) is 1.66. The summed E-state index contributed by atoms with van der Waals surface area (Å²) in [6.07, 6.45) is 10.4. The summed E-state index contributed by atoms with van der Waals surface area (Å²) >= 11 is 0. The van der Waals surface area contributed by atoms with Gasteiger partial charge < -0.3 is 9.13 Å². The average Bonchev–Trinajstić information content (AvgIpc) is 3.29. The molecule has 0 radical (unpaired) electrons.